The number of carbonyl (C=O) groups is 3. The first-order valence-corrected chi connectivity index (χ1v) is 16.3. The molecule has 5 atom stereocenters. The van der Waals surface area contributed by atoms with Gasteiger partial charge in [-0.1, -0.05) is 82.1 Å². The minimum absolute atomic E-state index is 0.124. The highest BCUT2D eigenvalue weighted by atomic mass is 35.5. The summed E-state index contributed by atoms with van der Waals surface area (Å²) in [6.07, 6.45) is -0.667. The molecule has 1 aliphatic heterocycles. The average molecular weight is 635 g/mol. The normalized spacial score (nSPS) is 22.9. The van der Waals surface area contributed by atoms with Gasteiger partial charge in [-0.2, -0.15) is 9.62 Å². The highest BCUT2D eigenvalue weighted by molar-refractivity contribution is 7.94. The summed E-state index contributed by atoms with van der Waals surface area (Å²) >= 11 is 12.6. The molecule has 0 saturated carbocycles. The molecule has 226 valence electrons. The van der Waals surface area contributed by atoms with Crippen molar-refractivity contribution in [1.82, 2.24) is 4.90 Å². The van der Waals surface area contributed by atoms with Crippen LogP contribution in [0.15, 0.2) is 52.9 Å². The smallest absolute Gasteiger partial charge is 0.304 e. The monoisotopic (exact) mass is 633 g/mol. The van der Waals surface area contributed by atoms with E-state index in [1.165, 1.54) is 0 Å². The number of nitrogens with zero attached hydrogens (tertiary/aromatic N) is 3. The number of piperidine rings is 1. The Hall–Kier alpha value is -2.93. The zero-order chi connectivity index (χ0) is 31.4. The van der Waals surface area contributed by atoms with Crippen molar-refractivity contribution < 1.29 is 23.7 Å². The van der Waals surface area contributed by atoms with E-state index in [0.29, 0.717) is 10.0 Å². The lowest BCUT2D eigenvalue weighted by molar-refractivity contribution is -0.161. The Morgan fingerprint density at radius 1 is 1.12 bits per heavy atom. The topological polar surface area (TPSA) is 128 Å². The molecule has 0 aliphatic carbocycles. The molecule has 1 aliphatic rings. The van der Waals surface area contributed by atoms with Crippen molar-refractivity contribution in [2.75, 3.05) is 5.75 Å². The van der Waals surface area contributed by atoms with E-state index in [4.69, 9.17) is 28.5 Å². The Labute approximate surface area is 258 Å². The second kappa shape index (κ2) is 13.6. The summed E-state index contributed by atoms with van der Waals surface area (Å²) in [5.74, 6) is -3.01. The third kappa shape index (κ3) is 7.52. The van der Waals surface area contributed by atoms with Crippen LogP contribution in [0.2, 0.25) is 10.0 Å². The summed E-state index contributed by atoms with van der Waals surface area (Å²) in [5.41, 5.74) is 0.313. The number of likely N-dealkylation sites (tertiary alicyclic amines) is 1. The van der Waals surface area contributed by atoms with Crippen LogP contribution in [-0.4, -0.2) is 49.0 Å². The van der Waals surface area contributed by atoms with Crippen molar-refractivity contribution in [2.45, 2.75) is 77.1 Å². The van der Waals surface area contributed by atoms with E-state index in [2.05, 4.69) is 4.36 Å². The van der Waals surface area contributed by atoms with Crippen molar-refractivity contribution in [3.8, 4) is 6.07 Å². The van der Waals surface area contributed by atoms with Gasteiger partial charge in [0.15, 0.2) is 0 Å². The highest BCUT2D eigenvalue weighted by Gasteiger charge is 2.53. The van der Waals surface area contributed by atoms with Gasteiger partial charge >= 0.3 is 5.97 Å². The number of carboxylic acid groups (broad SMARTS) is 1. The van der Waals surface area contributed by atoms with E-state index >= 15 is 0 Å². The first-order valence-electron chi connectivity index (χ1n) is 13.8. The van der Waals surface area contributed by atoms with Gasteiger partial charge in [0.2, 0.25) is 5.91 Å². The number of hydrogen-bond acceptors (Lipinski definition) is 5. The Morgan fingerprint density at radius 3 is 2.29 bits per heavy atom. The predicted octanol–water partition coefficient (Wildman–Crippen LogP) is 6.87. The fraction of sp³-hybridized carbons (Fsp3) is 0.484. The van der Waals surface area contributed by atoms with E-state index in [-0.39, 0.29) is 29.9 Å². The molecule has 1 saturated heterocycles. The van der Waals surface area contributed by atoms with Crippen LogP contribution in [0, 0.1) is 22.7 Å². The van der Waals surface area contributed by atoms with E-state index in [1.807, 2.05) is 44.2 Å². The van der Waals surface area contributed by atoms with Gasteiger partial charge in [0, 0.05) is 27.3 Å². The van der Waals surface area contributed by atoms with E-state index < -0.39 is 57.2 Å². The molecule has 1 N–H and O–H groups in total. The molecule has 3 rings (SSSR count). The molecular weight excluding hydrogens is 597 g/mol. The fourth-order valence-electron chi connectivity index (χ4n) is 5.69. The molecule has 1 unspecified atom stereocenters. The van der Waals surface area contributed by atoms with Crippen LogP contribution in [0.3, 0.4) is 0 Å². The van der Waals surface area contributed by atoms with Crippen LogP contribution in [0.5, 0.6) is 0 Å². The summed E-state index contributed by atoms with van der Waals surface area (Å²) in [5, 5.41) is 19.3. The number of hydrogen-bond donors (Lipinski definition) is 1. The molecule has 0 bridgehead atoms. The number of nitriles is 1. The Morgan fingerprint density at radius 2 is 1.76 bits per heavy atom. The van der Waals surface area contributed by atoms with Crippen LogP contribution in [0.25, 0.3) is 0 Å². The van der Waals surface area contributed by atoms with Crippen LogP contribution in [0.4, 0.5) is 0 Å². The molecular formula is C31H37Cl2N3O5S. The summed E-state index contributed by atoms with van der Waals surface area (Å²) in [6, 6.07) is 14.9. The maximum absolute atomic E-state index is 14.6. The van der Waals surface area contributed by atoms with E-state index in [1.54, 1.807) is 49.9 Å². The zero-order valence-corrected chi connectivity index (χ0v) is 26.7. The molecule has 2 aromatic rings. The van der Waals surface area contributed by atoms with Crippen LogP contribution >= 0.6 is 23.2 Å². The second-order valence-corrected chi connectivity index (χ2v) is 15.5. The molecule has 0 radical (unpaired) electrons. The number of benzene rings is 2. The third-order valence-electron chi connectivity index (χ3n) is 7.89. The quantitative estimate of drug-likeness (QED) is 0.304. The number of halogens is 2. The lowest BCUT2D eigenvalue weighted by Crippen LogP contribution is -2.59. The Kier molecular flexibility index (Phi) is 10.9. The van der Waals surface area contributed by atoms with Crippen LogP contribution in [-0.2, 0) is 24.1 Å². The standard InChI is InChI=1S/C31H37Cl2N3O5S/c1-19(2)26(18-42(41,20(3)4)35-27(37)13-14-34)36-29(21-9-11-23(32)12-10-21)25(22-7-6-8-24(33)15-22)16-31(5,30(36)40)17-28(38)39/h6-12,15,19-20,25-26,29H,13,16-18H2,1-5H3,(H,38,39)/t25-,26-,29-,31-,42?/m1/s1. The summed E-state index contributed by atoms with van der Waals surface area (Å²) in [6.45, 7) is 8.84. The SMILES string of the molecule is CC(C)[C@@H](CS(=O)(=NC(=O)CC#N)C(C)C)N1C(=O)[C@@](C)(CC(=O)O)C[C@H](c2cccc(Cl)c2)[C@H]1c1ccc(Cl)cc1. The minimum atomic E-state index is -3.23. The molecule has 2 amide bonds. The molecule has 2 aromatic carbocycles. The summed E-state index contributed by atoms with van der Waals surface area (Å²) in [4.78, 5) is 40.8. The zero-order valence-electron chi connectivity index (χ0n) is 24.4. The number of carboxylic acids is 1. The van der Waals surface area contributed by atoms with Gasteiger partial charge in [-0.15, -0.1) is 0 Å². The molecule has 1 heterocycles. The fourth-order valence-corrected chi connectivity index (χ4v) is 8.13. The van der Waals surface area contributed by atoms with Gasteiger partial charge in [-0.3, -0.25) is 14.4 Å². The minimum Gasteiger partial charge on any atom is -0.481 e. The van der Waals surface area contributed by atoms with Crippen molar-refractivity contribution in [3.63, 3.8) is 0 Å². The van der Waals surface area contributed by atoms with Crippen LogP contribution < -0.4 is 0 Å². The average Bonchev–Trinajstić information content (AvgIpc) is 2.89. The first kappa shape index (κ1) is 33.6. The number of carbonyl (C=O) groups excluding carboxylic acids is 2. The van der Waals surface area contributed by atoms with E-state index in [0.717, 1.165) is 11.1 Å². The van der Waals surface area contributed by atoms with Crippen molar-refractivity contribution in [1.29, 1.82) is 5.26 Å². The Bertz CT molecular complexity index is 1490. The number of aliphatic carboxylic acids is 1. The van der Waals surface area contributed by atoms with Gasteiger partial charge in [-0.25, -0.2) is 4.21 Å². The summed E-state index contributed by atoms with van der Waals surface area (Å²) in [7, 11) is -3.23. The van der Waals surface area contributed by atoms with Crippen LogP contribution in [0.1, 0.15) is 77.0 Å². The largest absolute Gasteiger partial charge is 0.481 e. The molecule has 0 aromatic heterocycles. The lowest BCUT2D eigenvalue weighted by Gasteiger charge is -2.53. The first-order chi connectivity index (χ1) is 19.6. The van der Waals surface area contributed by atoms with Gasteiger partial charge in [-0.05, 0) is 47.7 Å². The second-order valence-electron chi connectivity index (χ2n) is 11.7. The maximum Gasteiger partial charge on any atom is 0.304 e. The molecule has 0 spiro atoms. The molecule has 11 heteroatoms. The van der Waals surface area contributed by atoms with Gasteiger partial charge in [0.05, 0.1) is 39.4 Å². The molecule has 8 nitrogen and oxygen atoms in total. The van der Waals surface area contributed by atoms with Crippen molar-refractivity contribution in [3.05, 3.63) is 69.7 Å². The van der Waals surface area contributed by atoms with Gasteiger partial charge in [0.1, 0.15) is 6.42 Å². The maximum atomic E-state index is 14.6. The third-order valence-corrected chi connectivity index (χ3v) is 11.2. The van der Waals surface area contributed by atoms with Gasteiger partial charge < -0.3 is 10.0 Å². The Balaban J connectivity index is 2.33. The highest BCUT2D eigenvalue weighted by Crippen LogP contribution is 2.52. The molecule has 42 heavy (non-hydrogen) atoms. The van der Waals surface area contributed by atoms with Crippen molar-refractivity contribution >= 4 is 50.7 Å². The van der Waals surface area contributed by atoms with Crippen molar-refractivity contribution in [2.24, 2.45) is 15.7 Å². The molecule has 1 fully saturated rings. The number of amides is 2. The number of rotatable bonds is 10. The lowest BCUT2D eigenvalue weighted by atomic mass is 9.66. The van der Waals surface area contributed by atoms with Gasteiger partial charge in [0.25, 0.3) is 5.91 Å². The summed E-state index contributed by atoms with van der Waals surface area (Å²) < 4.78 is 18.3. The van der Waals surface area contributed by atoms with E-state index in [9.17, 15) is 23.7 Å². The predicted molar refractivity (Wildman–Crippen MR) is 165 cm³/mol.